The predicted molar refractivity (Wildman–Crippen MR) is 94.7 cm³/mol. The predicted octanol–water partition coefficient (Wildman–Crippen LogP) is 3.49. The molecule has 1 aromatic heterocycles. The Kier molecular flexibility index (Phi) is 4.26. The molecule has 2 N–H and O–H groups in total. The van der Waals surface area contributed by atoms with Crippen LogP contribution in [0.1, 0.15) is 23.0 Å². The first-order valence-corrected chi connectivity index (χ1v) is 9.32. The molecule has 0 atom stereocenters. The van der Waals surface area contributed by atoms with Crippen LogP contribution in [-0.4, -0.2) is 25.2 Å². The number of rotatable bonds is 4. The Bertz CT molecular complexity index is 1070. The van der Waals surface area contributed by atoms with Crippen LogP contribution in [0, 0.1) is 6.92 Å². The van der Waals surface area contributed by atoms with Gasteiger partial charge in [0.15, 0.2) is 15.6 Å². The smallest absolute Gasteiger partial charge is 0.291 e. The van der Waals surface area contributed by atoms with Crippen molar-refractivity contribution in [2.24, 2.45) is 0 Å². The quantitative estimate of drug-likeness (QED) is 0.695. The lowest BCUT2D eigenvalue weighted by molar-refractivity contribution is 0.0998. The average Bonchev–Trinajstić information content (AvgIpc) is 2.99. The summed E-state index contributed by atoms with van der Waals surface area (Å²) in [6.45, 7) is 3.46. The Morgan fingerprint density at radius 1 is 1.16 bits per heavy atom. The van der Waals surface area contributed by atoms with Crippen LogP contribution in [0.4, 0.5) is 5.69 Å². The first kappa shape index (κ1) is 17.0. The van der Waals surface area contributed by atoms with E-state index in [1.54, 1.807) is 12.1 Å². The highest BCUT2D eigenvalue weighted by Gasteiger charge is 2.18. The molecule has 1 heterocycles. The highest BCUT2D eigenvalue weighted by atomic mass is 32.2. The molecule has 1 amide bonds. The summed E-state index contributed by atoms with van der Waals surface area (Å²) in [5.74, 6) is -0.803. The molecule has 0 aliphatic heterocycles. The molecule has 3 aromatic rings. The summed E-state index contributed by atoms with van der Waals surface area (Å²) in [5, 5.41) is 13.2. The molecule has 0 aliphatic carbocycles. The number of anilines is 1. The van der Waals surface area contributed by atoms with E-state index in [0.29, 0.717) is 5.58 Å². The fourth-order valence-corrected chi connectivity index (χ4v) is 3.34. The maximum atomic E-state index is 12.4. The van der Waals surface area contributed by atoms with Crippen molar-refractivity contribution in [1.29, 1.82) is 0 Å². The van der Waals surface area contributed by atoms with E-state index in [2.05, 4.69) is 5.32 Å². The highest BCUT2D eigenvalue weighted by Crippen LogP contribution is 2.28. The Labute approximate surface area is 145 Å². The van der Waals surface area contributed by atoms with Crippen LogP contribution < -0.4 is 5.32 Å². The van der Waals surface area contributed by atoms with Gasteiger partial charge in [0, 0.05) is 5.39 Å². The third-order valence-electron chi connectivity index (χ3n) is 3.85. The molecular weight excluding hydrogens is 342 g/mol. The number of hydrogen-bond acceptors (Lipinski definition) is 5. The second-order valence-corrected chi connectivity index (χ2v) is 7.97. The standard InChI is InChI=1S/C18H17NO5S/c1-3-25(22,23)13-5-6-15(20)14(10-13)19-18(21)17-9-12-8-11(2)4-7-16(12)24-17/h4-10,20H,3H2,1-2H3,(H,19,21). The maximum absolute atomic E-state index is 12.4. The summed E-state index contributed by atoms with van der Waals surface area (Å²) in [7, 11) is -3.45. The van der Waals surface area contributed by atoms with Gasteiger partial charge in [-0.15, -0.1) is 0 Å². The molecule has 0 fully saturated rings. The lowest BCUT2D eigenvalue weighted by Gasteiger charge is -2.08. The lowest BCUT2D eigenvalue weighted by Crippen LogP contribution is -2.12. The number of phenolic OH excluding ortho intramolecular Hbond substituents is 1. The van der Waals surface area contributed by atoms with Gasteiger partial charge >= 0.3 is 0 Å². The zero-order valence-electron chi connectivity index (χ0n) is 13.7. The van der Waals surface area contributed by atoms with Gasteiger partial charge in [-0.25, -0.2) is 8.42 Å². The van der Waals surface area contributed by atoms with E-state index in [1.807, 2.05) is 19.1 Å². The van der Waals surface area contributed by atoms with Gasteiger partial charge in [-0.1, -0.05) is 18.6 Å². The summed E-state index contributed by atoms with van der Waals surface area (Å²) in [4.78, 5) is 12.4. The van der Waals surface area contributed by atoms with Crippen LogP contribution >= 0.6 is 0 Å². The number of aryl methyl sites for hydroxylation is 1. The number of carbonyl (C=O) groups excluding carboxylic acids is 1. The number of nitrogens with one attached hydrogen (secondary N) is 1. The SMILES string of the molecule is CCS(=O)(=O)c1ccc(O)c(NC(=O)c2cc3cc(C)ccc3o2)c1. The van der Waals surface area contributed by atoms with E-state index >= 15 is 0 Å². The fraction of sp³-hybridized carbons (Fsp3) is 0.167. The summed E-state index contributed by atoms with van der Waals surface area (Å²) in [6, 6.07) is 10.9. The topological polar surface area (TPSA) is 96.6 Å². The number of phenols is 1. The number of furan rings is 1. The summed E-state index contributed by atoms with van der Waals surface area (Å²) >= 11 is 0. The minimum Gasteiger partial charge on any atom is -0.506 e. The number of carbonyl (C=O) groups is 1. The first-order chi connectivity index (χ1) is 11.8. The number of amides is 1. The number of aromatic hydroxyl groups is 1. The summed E-state index contributed by atoms with van der Waals surface area (Å²) < 4.78 is 29.4. The number of hydrogen-bond donors (Lipinski definition) is 2. The first-order valence-electron chi connectivity index (χ1n) is 7.67. The molecule has 0 bridgehead atoms. The highest BCUT2D eigenvalue weighted by molar-refractivity contribution is 7.91. The van der Waals surface area contributed by atoms with Crippen molar-refractivity contribution in [3.05, 3.63) is 53.8 Å². The average molecular weight is 359 g/mol. The van der Waals surface area contributed by atoms with Gasteiger partial charge in [0.1, 0.15) is 11.3 Å². The Balaban J connectivity index is 1.93. The Morgan fingerprint density at radius 2 is 1.92 bits per heavy atom. The third-order valence-corrected chi connectivity index (χ3v) is 5.58. The van der Waals surface area contributed by atoms with E-state index in [0.717, 1.165) is 10.9 Å². The molecule has 2 aromatic carbocycles. The van der Waals surface area contributed by atoms with Crippen molar-refractivity contribution in [3.63, 3.8) is 0 Å². The molecular formula is C18H17NO5S. The van der Waals surface area contributed by atoms with E-state index < -0.39 is 15.7 Å². The van der Waals surface area contributed by atoms with Crippen LogP contribution in [0.2, 0.25) is 0 Å². The van der Waals surface area contributed by atoms with Gasteiger partial charge in [0.05, 0.1) is 16.3 Å². The second kappa shape index (κ2) is 6.25. The zero-order chi connectivity index (χ0) is 18.2. The van der Waals surface area contributed by atoms with E-state index in [1.165, 1.54) is 25.1 Å². The second-order valence-electron chi connectivity index (χ2n) is 5.69. The van der Waals surface area contributed by atoms with E-state index in [4.69, 9.17) is 4.42 Å². The van der Waals surface area contributed by atoms with Crippen molar-refractivity contribution in [1.82, 2.24) is 0 Å². The molecule has 0 unspecified atom stereocenters. The normalized spacial score (nSPS) is 11.6. The van der Waals surface area contributed by atoms with Gasteiger partial charge < -0.3 is 14.8 Å². The number of benzene rings is 2. The molecule has 7 heteroatoms. The fourth-order valence-electron chi connectivity index (χ4n) is 2.43. The van der Waals surface area contributed by atoms with E-state index in [9.17, 15) is 18.3 Å². The largest absolute Gasteiger partial charge is 0.506 e. The van der Waals surface area contributed by atoms with Crippen LogP contribution in [0.15, 0.2) is 51.8 Å². The van der Waals surface area contributed by atoms with Crippen molar-refractivity contribution < 1.29 is 22.7 Å². The van der Waals surface area contributed by atoms with Crippen molar-refractivity contribution >= 4 is 32.4 Å². The molecule has 6 nitrogen and oxygen atoms in total. The Morgan fingerprint density at radius 3 is 2.64 bits per heavy atom. The van der Waals surface area contributed by atoms with Crippen molar-refractivity contribution in [3.8, 4) is 5.75 Å². The molecule has 0 saturated carbocycles. The van der Waals surface area contributed by atoms with Gasteiger partial charge in [0.2, 0.25) is 0 Å². The van der Waals surface area contributed by atoms with Gasteiger partial charge in [-0.05, 0) is 43.3 Å². The molecule has 130 valence electrons. The van der Waals surface area contributed by atoms with Gasteiger partial charge in [-0.2, -0.15) is 0 Å². The summed E-state index contributed by atoms with van der Waals surface area (Å²) in [5.41, 5.74) is 1.62. The van der Waals surface area contributed by atoms with Gasteiger partial charge in [0.25, 0.3) is 5.91 Å². The summed E-state index contributed by atoms with van der Waals surface area (Å²) in [6.07, 6.45) is 0. The van der Waals surface area contributed by atoms with Crippen LogP contribution in [0.3, 0.4) is 0 Å². The number of sulfone groups is 1. The van der Waals surface area contributed by atoms with Crippen LogP contribution in [0.25, 0.3) is 11.0 Å². The van der Waals surface area contributed by atoms with Crippen molar-refractivity contribution in [2.45, 2.75) is 18.7 Å². The van der Waals surface area contributed by atoms with Crippen molar-refractivity contribution in [2.75, 3.05) is 11.1 Å². The Hall–Kier alpha value is -2.80. The molecule has 0 aliphatic rings. The molecule has 0 spiro atoms. The van der Waals surface area contributed by atoms with Gasteiger partial charge in [-0.3, -0.25) is 4.79 Å². The number of fused-ring (bicyclic) bond motifs is 1. The minimum atomic E-state index is -3.45. The molecule has 25 heavy (non-hydrogen) atoms. The van der Waals surface area contributed by atoms with Crippen LogP contribution in [0.5, 0.6) is 5.75 Å². The molecule has 0 saturated heterocycles. The third kappa shape index (κ3) is 3.36. The maximum Gasteiger partial charge on any atom is 0.291 e. The zero-order valence-corrected chi connectivity index (χ0v) is 14.6. The lowest BCUT2D eigenvalue weighted by atomic mass is 10.2. The molecule has 0 radical (unpaired) electrons. The van der Waals surface area contributed by atoms with E-state index in [-0.39, 0.29) is 27.8 Å². The van der Waals surface area contributed by atoms with Crippen LogP contribution in [-0.2, 0) is 9.84 Å². The minimum absolute atomic E-state index is 0.0103. The monoisotopic (exact) mass is 359 g/mol. The molecule has 3 rings (SSSR count).